The molecule has 1 aliphatic rings. The molecule has 0 atom stereocenters. The summed E-state index contributed by atoms with van der Waals surface area (Å²) in [4.78, 5) is 17.5. The van der Waals surface area contributed by atoms with Crippen molar-refractivity contribution in [2.24, 2.45) is 5.92 Å². The molecule has 1 saturated heterocycles. The summed E-state index contributed by atoms with van der Waals surface area (Å²) in [7, 11) is 3.86. The van der Waals surface area contributed by atoms with Crippen molar-refractivity contribution in [2.75, 3.05) is 40.3 Å². The van der Waals surface area contributed by atoms with E-state index in [1.165, 1.54) is 18.4 Å². The van der Waals surface area contributed by atoms with E-state index in [9.17, 15) is 4.79 Å². The number of amides is 1. The molecule has 150 valence electrons. The van der Waals surface area contributed by atoms with Crippen LogP contribution < -0.4 is 4.74 Å². The Labute approximate surface area is 169 Å². The molecule has 0 saturated carbocycles. The quantitative estimate of drug-likeness (QED) is 0.701. The van der Waals surface area contributed by atoms with Gasteiger partial charge in [0.25, 0.3) is 0 Å². The minimum absolute atomic E-state index is 0.235. The maximum atomic E-state index is 13.1. The second-order valence-electron chi connectivity index (χ2n) is 7.85. The van der Waals surface area contributed by atoms with Crippen LogP contribution in [-0.2, 0) is 17.6 Å². The van der Waals surface area contributed by atoms with Crippen LogP contribution in [0.3, 0.4) is 0 Å². The lowest BCUT2D eigenvalue weighted by Gasteiger charge is -2.33. The van der Waals surface area contributed by atoms with Crippen molar-refractivity contribution in [2.45, 2.75) is 25.7 Å². The smallest absolute Gasteiger partial charge is 0.227 e. The highest BCUT2D eigenvalue weighted by Gasteiger charge is 2.22. The summed E-state index contributed by atoms with van der Waals surface area (Å²) in [6.07, 6.45) is 3.70. The number of rotatable bonds is 8. The summed E-state index contributed by atoms with van der Waals surface area (Å²) in [6.45, 7) is 3.90. The number of carbonyl (C=O) groups excluding carboxylic acids is 1. The van der Waals surface area contributed by atoms with E-state index in [2.05, 4.69) is 29.0 Å². The van der Waals surface area contributed by atoms with Crippen LogP contribution in [0.4, 0.5) is 0 Å². The molecule has 1 fully saturated rings. The first kappa shape index (κ1) is 20.4. The molecule has 0 unspecified atom stereocenters. The molecule has 4 nitrogen and oxygen atoms in total. The summed E-state index contributed by atoms with van der Waals surface area (Å²) in [5.41, 5.74) is 2.33. The second kappa shape index (κ2) is 10.3. The number of nitrogens with zero attached hydrogens (tertiary/aromatic N) is 2. The first-order valence-corrected chi connectivity index (χ1v) is 10.3. The Balaban J connectivity index is 1.63. The van der Waals surface area contributed by atoms with E-state index in [4.69, 9.17) is 4.74 Å². The third-order valence-corrected chi connectivity index (χ3v) is 5.70. The van der Waals surface area contributed by atoms with E-state index in [-0.39, 0.29) is 5.91 Å². The summed E-state index contributed by atoms with van der Waals surface area (Å²) >= 11 is 0. The van der Waals surface area contributed by atoms with Gasteiger partial charge in [-0.2, -0.15) is 0 Å². The topological polar surface area (TPSA) is 32.8 Å². The van der Waals surface area contributed by atoms with Crippen molar-refractivity contribution in [3.63, 3.8) is 0 Å². The zero-order valence-electron chi connectivity index (χ0n) is 17.1. The number of likely N-dealkylation sites (tertiary alicyclic amines) is 1. The van der Waals surface area contributed by atoms with E-state index in [1.54, 1.807) is 7.11 Å². The van der Waals surface area contributed by atoms with Crippen molar-refractivity contribution in [3.05, 3.63) is 65.7 Å². The predicted molar refractivity (Wildman–Crippen MR) is 114 cm³/mol. The highest BCUT2D eigenvalue weighted by atomic mass is 16.5. The minimum Gasteiger partial charge on any atom is -0.497 e. The highest BCUT2D eigenvalue weighted by molar-refractivity contribution is 5.78. The maximum Gasteiger partial charge on any atom is 0.227 e. The van der Waals surface area contributed by atoms with Crippen molar-refractivity contribution in [1.82, 2.24) is 9.80 Å². The van der Waals surface area contributed by atoms with Crippen LogP contribution in [0.15, 0.2) is 54.6 Å². The fourth-order valence-corrected chi connectivity index (χ4v) is 3.81. The van der Waals surface area contributed by atoms with Crippen molar-refractivity contribution in [3.8, 4) is 5.75 Å². The molecule has 1 amide bonds. The van der Waals surface area contributed by atoms with E-state index < -0.39 is 0 Å². The minimum atomic E-state index is 0.235. The van der Waals surface area contributed by atoms with Gasteiger partial charge in [0, 0.05) is 13.1 Å². The van der Waals surface area contributed by atoms with Gasteiger partial charge in [-0.3, -0.25) is 4.79 Å². The second-order valence-corrected chi connectivity index (χ2v) is 7.85. The van der Waals surface area contributed by atoms with Crippen LogP contribution in [-0.4, -0.2) is 56.0 Å². The fourth-order valence-electron chi connectivity index (χ4n) is 3.81. The average molecular weight is 381 g/mol. The van der Waals surface area contributed by atoms with Crippen LogP contribution in [0.1, 0.15) is 24.0 Å². The van der Waals surface area contributed by atoms with Gasteiger partial charge >= 0.3 is 0 Å². The number of ether oxygens (including phenoxy) is 1. The Morgan fingerprint density at radius 3 is 2.36 bits per heavy atom. The van der Waals surface area contributed by atoms with Gasteiger partial charge in [0.2, 0.25) is 5.91 Å². The highest BCUT2D eigenvalue weighted by Crippen LogP contribution is 2.19. The third kappa shape index (κ3) is 6.10. The van der Waals surface area contributed by atoms with Gasteiger partial charge in [-0.25, -0.2) is 0 Å². The monoisotopic (exact) mass is 380 g/mol. The molecule has 2 aromatic carbocycles. The van der Waals surface area contributed by atoms with Crippen molar-refractivity contribution in [1.29, 1.82) is 0 Å². The van der Waals surface area contributed by atoms with Gasteiger partial charge in [-0.1, -0.05) is 42.5 Å². The molecule has 0 bridgehead atoms. The number of methoxy groups -OCH3 is 1. The Bertz CT molecular complexity index is 722. The summed E-state index contributed by atoms with van der Waals surface area (Å²) < 4.78 is 5.24. The Kier molecular flexibility index (Phi) is 7.49. The fraction of sp³-hybridized carbons (Fsp3) is 0.458. The largest absolute Gasteiger partial charge is 0.497 e. The molecule has 1 aliphatic heterocycles. The van der Waals surface area contributed by atoms with Gasteiger partial charge in [-0.05, 0) is 68.6 Å². The normalized spacial score (nSPS) is 15.4. The Morgan fingerprint density at radius 2 is 1.71 bits per heavy atom. The lowest BCUT2D eigenvalue weighted by Crippen LogP contribution is -2.41. The van der Waals surface area contributed by atoms with E-state index in [0.29, 0.717) is 12.3 Å². The van der Waals surface area contributed by atoms with E-state index in [1.807, 2.05) is 42.5 Å². The lowest BCUT2D eigenvalue weighted by atomic mass is 9.96. The number of carbonyl (C=O) groups is 1. The molecule has 4 heteroatoms. The molecule has 3 rings (SSSR count). The first-order valence-electron chi connectivity index (χ1n) is 10.3. The standard InChI is InChI=1S/C24H32N2O2/c1-25-15-12-22(13-16-25)19-26(24(27)18-21-6-4-3-5-7-21)17-14-20-8-10-23(28-2)11-9-20/h3-11,22H,12-19H2,1-2H3. The van der Waals surface area contributed by atoms with Crippen LogP contribution >= 0.6 is 0 Å². The van der Waals surface area contributed by atoms with Crippen LogP contribution in [0, 0.1) is 5.92 Å². The van der Waals surface area contributed by atoms with Crippen molar-refractivity contribution < 1.29 is 9.53 Å². The van der Waals surface area contributed by atoms with E-state index in [0.717, 1.165) is 43.9 Å². The first-order chi connectivity index (χ1) is 13.6. The van der Waals surface area contributed by atoms with Gasteiger partial charge in [-0.15, -0.1) is 0 Å². The predicted octanol–water partition coefficient (Wildman–Crippen LogP) is 3.65. The van der Waals surface area contributed by atoms with Gasteiger partial charge in [0.1, 0.15) is 5.75 Å². The Morgan fingerprint density at radius 1 is 1.04 bits per heavy atom. The zero-order valence-corrected chi connectivity index (χ0v) is 17.1. The number of hydrogen-bond acceptors (Lipinski definition) is 3. The molecule has 2 aromatic rings. The summed E-state index contributed by atoms with van der Waals surface area (Å²) in [6, 6.07) is 18.2. The van der Waals surface area contributed by atoms with Gasteiger partial charge in [0.15, 0.2) is 0 Å². The number of benzene rings is 2. The Hall–Kier alpha value is -2.33. The molecule has 0 aromatic heterocycles. The molecular weight excluding hydrogens is 348 g/mol. The molecule has 0 spiro atoms. The molecule has 0 N–H and O–H groups in total. The lowest BCUT2D eigenvalue weighted by molar-refractivity contribution is -0.131. The SMILES string of the molecule is COc1ccc(CCN(CC2CCN(C)CC2)C(=O)Cc2ccccc2)cc1. The number of piperidine rings is 1. The average Bonchev–Trinajstić information content (AvgIpc) is 2.73. The van der Waals surface area contributed by atoms with Crippen molar-refractivity contribution >= 4 is 5.91 Å². The zero-order chi connectivity index (χ0) is 19.8. The molecule has 1 heterocycles. The molecular formula is C24H32N2O2. The maximum absolute atomic E-state index is 13.1. The van der Waals surface area contributed by atoms with E-state index >= 15 is 0 Å². The molecule has 0 radical (unpaired) electrons. The molecule has 28 heavy (non-hydrogen) atoms. The van der Waals surface area contributed by atoms with Gasteiger partial charge in [0.05, 0.1) is 13.5 Å². The van der Waals surface area contributed by atoms with Crippen LogP contribution in [0.25, 0.3) is 0 Å². The van der Waals surface area contributed by atoms with Crippen LogP contribution in [0.5, 0.6) is 5.75 Å². The molecule has 0 aliphatic carbocycles. The van der Waals surface area contributed by atoms with Crippen LogP contribution in [0.2, 0.25) is 0 Å². The number of hydrogen-bond donors (Lipinski definition) is 0. The summed E-state index contributed by atoms with van der Waals surface area (Å²) in [5, 5.41) is 0. The summed E-state index contributed by atoms with van der Waals surface area (Å²) in [5.74, 6) is 1.71. The third-order valence-electron chi connectivity index (χ3n) is 5.70. The van der Waals surface area contributed by atoms with Gasteiger partial charge < -0.3 is 14.5 Å².